The number of carboxylic acid groups (broad SMARTS) is 1. The van der Waals surface area contributed by atoms with E-state index in [2.05, 4.69) is 9.80 Å². The lowest BCUT2D eigenvalue weighted by molar-refractivity contribution is -0.138. The molecule has 0 amide bonds. The Morgan fingerprint density at radius 2 is 1.72 bits per heavy atom. The van der Waals surface area contributed by atoms with Gasteiger partial charge in [0.15, 0.2) is 0 Å². The fraction of sp³-hybridized carbons (Fsp3) is 0.929. The van der Waals surface area contributed by atoms with Gasteiger partial charge >= 0.3 is 5.97 Å². The number of piperidine rings is 1. The molecule has 0 radical (unpaired) electrons. The third-order valence-corrected chi connectivity index (χ3v) is 4.21. The van der Waals surface area contributed by atoms with Gasteiger partial charge in [-0.3, -0.25) is 4.79 Å². The summed E-state index contributed by atoms with van der Waals surface area (Å²) in [4.78, 5) is 15.8. The van der Waals surface area contributed by atoms with Crippen LogP contribution in [0.15, 0.2) is 0 Å². The summed E-state index contributed by atoms with van der Waals surface area (Å²) in [6.07, 6.45) is 6.58. The molecule has 2 heterocycles. The van der Waals surface area contributed by atoms with Crippen molar-refractivity contribution in [1.82, 2.24) is 9.80 Å². The van der Waals surface area contributed by atoms with E-state index in [9.17, 15) is 4.79 Å². The van der Waals surface area contributed by atoms with Crippen molar-refractivity contribution in [2.24, 2.45) is 5.92 Å². The standard InChI is InChI=1S/C14H26N2O2/c17-14(18)11-13-5-3-8-16(12-13)10-4-9-15-6-1-2-7-15/h13H,1-12H2,(H,17,18). The average molecular weight is 254 g/mol. The molecule has 0 aromatic heterocycles. The van der Waals surface area contributed by atoms with Crippen LogP contribution in [0, 0.1) is 5.92 Å². The summed E-state index contributed by atoms with van der Waals surface area (Å²) in [7, 11) is 0. The van der Waals surface area contributed by atoms with E-state index in [1.54, 1.807) is 0 Å². The highest BCUT2D eigenvalue weighted by Gasteiger charge is 2.21. The van der Waals surface area contributed by atoms with Crippen LogP contribution in [0.5, 0.6) is 0 Å². The van der Waals surface area contributed by atoms with Gasteiger partial charge in [-0.2, -0.15) is 0 Å². The molecule has 0 aromatic rings. The maximum absolute atomic E-state index is 10.7. The molecule has 1 unspecified atom stereocenters. The van der Waals surface area contributed by atoms with Gasteiger partial charge in [-0.05, 0) is 70.7 Å². The van der Waals surface area contributed by atoms with E-state index in [4.69, 9.17) is 5.11 Å². The van der Waals surface area contributed by atoms with E-state index in [1.807, 2.05) is 0 Å². The summed E-state index contributed by atoms with van der Waals surface area (Å²) in [5.41, 5.74) is 0. The Hall–Kier alpha value is -0.610. The summed E-state index contributed by atoms with van der Waals surface area (Å²) in [6, 6.07) is 0. The Kier molecular flexibility index (Phi) is 5.45. The zero-order chi connectivity index (χ0) is 12.8. The van der Waals surface area contributed by atoms with E-state index in [0.29, 0.717) is 12.3 Å². The predicted octanol–water partition coefficient (Wildman–Crippen LogP) is 1.66. The third kappa shape index (κ3) is 4.58. The minimum atomic E-state index is -0.640. The molecule has 2 aliphatic rings. The normalized spacial score (nSPS) is 26.6. The van der Waals surface area contributed by atoms with Gasteiger partial charge in [-0.1, -0.05) is 0 Å². The molecule has 18 heavy (non-hydrogen) atoms. The van der Waals surface area contributed by atoms with Gasteiger partial charge in [0.25, 0.3) is 0 Å². The number of likely N-dealkylation sites (tertiary alicyclic amines) is 2. The van der Waals surface area contributed by atoms with Gasteiger partial charge in [0, 0.05) is 13.0 Å². The second-order valence-corrected chi connectivity index (χ2v) is 5.81. The fourth-order valence-corrected chi connectivity index (χ4v) is 3.29. The van der Waals surface area contributed by atoms with E-state index < -0.39 is 5.97 Å². The van der Waals surface area contributed by atoms with Crippen molar-refractivity contribution in [3.8, 4) is 0 Å². The Morgan fingerprint density at radius 3 is 2.44 bits per heavy atom. The first kappa shape index (κ1) is 13.8. The Bertz CT molecular complexity index is 265. The molecule has 0 aromatic carbocycles. The lowest BCUT2D eigenvalue weighted by atomic mass is 9.95. The van der Waals surface area contributed by atoms with Crippen LogP contribution < -0.4 is 0 Å². The van der Waals surface area contributed by atoms with Crippen molar-refractivity contribution in [3.63, 3.8) is 0 Å². The summed E-state index contributed by atoms with van der Waals surface area (Å²) < 4.78 is 0. The maximum Gasteiger partial charge on any atom is 0.303 e. The molecule has 1 N–H and O–H groups in total. The van der Waals surface area contributed by atoms with Crippen molar-refractivity contribution in [2.75, 3.05) is 39.3 Å². The number of carbonyl (C=O) groups is 1. The van der Waals surface area contributed by atoms with Crippen LogP contribution in [0.25, 0.3) is 0 Å². The predicted molar refractivity (Wildman–Crippen MR) is 71.7 cm³/mol. The highest BCUT2D eigenvalue weighted by Crippen LogP contribution is 2.19. The van der Waals surface area contributed by atoms with Crippen molar-refractivity contribution < 1.29 is 9.90 Å². The summed E-state index contributed by atoms with van der Waals surface area (Å²) in [5, 5.41) is 8.85. The van der Waals surface area contributed by atoms with Crippen LogP contribution in [0.4, 0.5) is 0 Å². The second kappa shape index (κ2) is 7.10. The fourth-order valence-electron chi connectivity index (χ4n) is 3.29. The highest BCUT2D eigenvalue weighted by atomic mass is 16.4. The molecule has 2 saturated heterocycles. The van der Waals surface area contributed by atoms with Crippen LogP contribution in [-0.4, -0.2) is 60.1 Å². The molecule has 2 aliphatic heterocycles. The average Bonchev–Trinajstić information content (AvgIpc) is 2.82. The number of aliphatic carboxylic acids is 1. The van der Waals surface area contributed by atoms with Gasteiger partial charge in [0.2, 0.25) is 0 Å². The van der Waals surface area contributed by atoms with Crippen molar-refractivity contribution in [1.29, 1.82) is 0 Å². The van der Waals surface area contributed by atoms with Crippen LogP contribution in [-0.2, 0) is 4.79 Å². The Balaban J connectivity index is 1.61. The number of hydrogen-bond acceptors (Lipinski definition) is 3. The topological polar surface area (TPSA) is 43.8 Å². The number of hydrogen-bond donors (Lipinski definition) is 1. The van der Waals surface area contributed by atoms with Gasteiger partial charge in [-0.15, -0.1) is 0 Å². The SMILES string of the molecule is O=C(O)CC1CCCN(CCCN2CCCC2)C1. The van der Waals surface area contributed by atoms with Crippen molar-refractivity contribution in [3.05, 3.63) is 0 Å². The largest absolute Gasteiger partial charge is 0.481 e. The smallest absolute Gasteiger partial charge is 0.303 e. The van der Waals surface area contributed by atoms with Gasteiger partial charge in [0.1, 0.15) is 0 Å². The van der Waals surface area contributed by atoms with Crippen LogP contribution in [0.3, 0.4) is 0 Å². The Labute approximate surface area is 110 Å². The molecular formula is C14H26N2O2. The zero-order valence-electron chi connectivity index (χ0n) is 11.3. The third-order valence-electron chi connectivity index (χ3n) is 4.21. The molecular weight excluding hydrogens is 228 g/mol. The zero-order valence-corrected chi connectivity index (χ0v) is 11.3. The van der Waals surface area contributed by atoms with Gasteiger partial charge in [-0.25, -0.2) is 0 Å². The molecule has 104 valence electrons. The van der Waals surface area contributed by atoms with Gasteiger partial charge < -0.3 is 14.9 Å². The molecule has 0 spiro atoms. The Morgan fingerprint density at radius 1 is 1.06 bits per heavy atom. The van der Waals surface area contributed by atoms with Crippen LogP contribution in [0.2, 0.25) is 0 Å². The molecule has 0 saturated carbocycles. The van der Waals surface area contributed by atoms with Crippen LogP contribution >= 0.6 is 0 Å². The monoisotopic (exact) mass is 254 g/mol. The minimum Gasteiger partial charge on any atom is -0.481 e. The van der Waals surface area contributed by atoms with E-state index >= 15 is 0 Å². The summed E-state index contributed by atoms with van der Waals surface area (Å²) >= 11 is 0. The van der Waals surface area contributed by atoms with Crippen molar-refractivity contribution >= 4 is 5.97 Å². The second-order valence-electron chi connectivity index (χ2n) is 5.81. The molecule has 0 aliphatic carbocycles. The lowest BCUT2D eigenvalue weighted by Crippen LogP contribution is -2.37. The first-order valence-corrected chi connectivity index (χ1v) is 7.40. The maximum atomic E-state index is 10.7. The van der Waals surface area contributed by atoms with E-state index in [1.165, 1.54) is 45.3 Å². The molecule has 2 fully saturated rings. The number of rotatable bonds is 6. The number of carboxylic acids is 1. The molecule has 0 bridgehead atoms. The first-order chi connectivity index (χ1) is 8.74. The molecule has 4 nitrogen and oxygen atoms in total. The number of nitrogens with zero attached hydrogens (tertiary/aromatic N) is 2. The highest BCUT2D eigenvalue weighted by molar-refractivity contribution is 5.67. The first-order valence-electron chi connectivity index (χ1n) is 7.40. The lowest BCUT2D eigenvalue weighted by Gasteiger charge is -2.32. The van der Waals surface area contributed by atoms with Crippen molar-refractivity contribution in [2.45, 2.75) is 38.5 Å². The molecule has 2 rings (SSSR count). The minimum absolute atomic E-state index is 0.350. The summed E-state index contributed by atoms with van der Waals surface area (Å²) in [6.45, 7) is 7.08. The van der Waals surface area contributed by atoms with E-state index in [0.717, 1.165) is 26.1 Å². The van der Waals surface area contributed by atoms with Crippen LogP contribution in [0.1, 0.15) is 38.5 Å². The summed E-state index contributed by atoms with van der Waals surface area (Å²) in [5.74, 6) is -0.262. The van der Waals surface area contributed by atoms with Gasteiger partial charge in [0.05, 0.1) is 0 Å². The quantitative estimate of drug-likeness (QED) is 0.783. The molecule has 1 atom stereocenters. The molecule has 4 heteroatoms. The van der Waals surface area contributed by atoms with E-state index in [-0.39, 0.29) is 0 Å².